The molecule has 0 bridgehead atoms. The monoisotopic (exact) mass is 264 g/mol. The Labute approximate surface area is 110 Å². The molecule has 0 radical (unpaired) electrons. The molecule has 1 aromatic carbocycles. The third-order valence-electron chi connectivity index (χ3n) is 3.06. The number of ether oxygens (including phenoxy) is 1. The fourth-order valence-electron chi connectivity index (χ4n) is 2.09. The minimum absolute atomic E-state index is 0.337. The van der Waals surface area contributed by atoms with Gasteiger partial charge in [-0.25, -0.2) is 4.98 Å². The second-order valence-electron chi connectivity index (χ2n) is 4.51. The molecule has 0 amide bonds. The fourth-order valence-corrected chi connectivity index (χ4v) is 2.99. The van der Waals surface area contributed by atoms with Gasteiger partial charge in [0.25, 0.3) is 5.22 Å². The van der Waals surface area contributed by atoms with Crippen LogP contribution in [0.15, 0.2) is 27.8 Å². The van der Waals surface area contributed by atoms with Gasteiger partial charge in [-0.1, -0.05) is 11.8 Å². The van der Waals surface area contributed by atoms with E-state index < -0.39 is 0 Å². The highest BCUT2D eigenvalue weighted by Gasteiger charge is 2.15. The van der Waals surface area contributed by atoms with Crippen LogP contribution in [-0.2, 0) is 4.74 Å². The maximum absolute atomic E-state index is 5.72. The highest BCUT2D eigenvalue weighted by Crippen LogP contribution is 2.27. The zero-order valence-corrected chi connectivity index (χ0v) is 10.9. The Kier molecular flexibility index (Phi) is 3.43. The van der Waals surface area contributed by atoms with Crippen LogP contribution >= 0.6 is 11.8 Å². The molecule has 0 saturated carbocycles. The molecule has 4 nitrogen and oxygen atoms in total. The summed E-state index contributed by atoms with van der Waals surface area (Å²) in [5.74, 6) is 0.905. The van der Waals surface area contributed by atoms with Gasteiger partial charge in [0.2, 0.25) is 0 Å². The Bertz CT molecular complexity index is 535. The van der Waals surface area contributed by atoms with E-state index >= 15 is 0 Å². The van der Waals surface area contributed by atoms with Gasteiger partial charge in [0, 0.05) is 18.0 Å². The topological polar surface area (TPSA) is 61.3 Å². The largest absolute Gasteiger partial charge is 0.431 e. The number of aromatic nitrogens is 1. The first-order valence-electron chi connectivity index (χ1n) is 6.22. The number of nitrogens with two attached hydrogens (primary N) is 1. The Hall–Kier alpha value is -1.20. The lowest BCUT2D eigenvalue weighted by atomic mass is 10.1. The van der Waals surface area contributed by atoms with Crippen molar-refractivity contribution in [2.24, 2.45) is 0 Å². The number of hydrogen-bond donors (Lipinski definition) is 1. The van der Waals surface area contributed by atoms with E-state index in [0.29, 0.717) is 17.0 Å². The van der Waals surface area contributed by atoms with E-state index in [9.17, 15) is 0 Å². The van der Waals surface area contributed by atoms with Gasteiger partial charge >= 0.3 is 0 Å². The van der Waals surface area contributed by atoms with Gasteiger partial charge in [0.15, 0.2) is 5.58 Å². The van der Waals surface area contributed by atoms with Gasteiger partial charge in [-0.15, -0.1) is 0 Å². The number of oxazole rings is 1. The molecular formula is C13H16N2O2S. The zero-order valence-electron chi connectivity index (χ0n) is 10.1. The minimum Gasteiger partial charge on any atom is -0.431 e. The molecule has 1 aliphatic heterocycles. The van der Waals surface area contributed by atoms with Crippen molar-refractivity contribution in [3.63, 3.8) is 0 Å². The summed E-state index contributed by atoms with van der Waals surface area (Å²) in [4.78, 5) is 4.42. The predicted molar refractivity (Wildman–Crippen MR) is 72.7 cm³/mol. The summed E-state index contributed by atoms with van der Waals surface area (Å²) >= 11 is 1.61. The average molecular weight is 264 g/mol. The number of anilines is 1. The lowest BCUT2D eigenvalue weighted by Crippen LogP contribution is -2.21. The van der Waals surface area contributed by atoms with Crippen molar-refractivity contribution in [1.29, 1.82) is 0 Å². The van der Waals surface area contributed by atoms with Crippen molar-refractivity contribution in [3.05, 3.63) is 18.2 Å². The van der Waals surface area contributed by atoms with Crippen LogP contribution in [0.1, 0.15) is 19.3 Å². The van der Waals surface area contributed by atoms with E-state index in [1.165, 1.54) is 12.8 Å². The first-order chi connectivity index (χ1) is 8.81. The summed E-state index contributed by atoms with van der Waals surface area (Å²) in [7, 11) is 0. The highest BCUT2D eigenvalue weighted by molar-refractivity contribution is 7.99. The number of benzene rings is 1. The lowest BCUT2D eigenvalue weighted by molar-refractivity contribution is 0.0314. The number of nitrogen functional groups attached to an aromatic ring is 1. The maximum atomic E-state index is 5.72. The van der Waals surface area contributed by atoms with Crippen LogP contribution < -0.4 is 5.73 Å². The lowest BCUT2D eigenvalue weighted by Gasteiger charge is -2.21. The minimum atomic E-state index is 0.337. The molecule has 3 rings (SSSR count). The van der Waals surface area contributed by atoms with Gasteiger partial charge in [0.1, 0.15) is 5.52 Å². The van der Waals surface area contributed by atoms with E-state index in [0.717, 1.165) is 29.9 Å². The first-order valence-corrected chi connectivity index (χ1v) is 7.20. The number of thioether (sulfide) groups is 1. The summed E-state index contributed by atoms with van der Waals surface area (Å²) < 4.78 is 11.3. The fraction of sp³-hybridized carbons (Fsp3) is 0.462. The molecule has 2 N–H and O–H groups in total. The first kappa shape index (κ1) is 11.9. The Morgan fingerprint density at radius 3 is 3.17 bits per heavy atom. The second kappa shape index (κ2) is 5.20. The molecule has 5 heteroatoms. The number of rotatable bonds is 3. The number of fused-ring (bicyclic) bond motifs is 1. The summed E-state index contributed by atoms with van der Waals surface area (Å²) in [5, 5.41) is 0.699. The standard InChI is InChI=1S/C13H16N2O2S/c14-9-4-5-12-11(7-9)15-13(17-12)18-8-10-3-1-2-6-16-10/h4-5,7,10H,1-3,6,8,14H2. The van der Waals surface area contributed by atoms with Crippen LogP contribution in [0, 0.1) is 0 Å². The summed E-state index contributed by atoms with van der Waals surface area (Å²) in [5.41, 5.74) is 8.04. The van der Waals surface area contributed by atoms with E-state index in [-0.39, 0.29) is 0 Å². The normalized spacial score (nSPS) is 20.3. The van der Waals surface area contributed by atoms with Crippen molar-refractivity contribution >= 4 is 28.5 Å². The number of nitrogens with zero attached hydrogens (tertiary/aromatic N) is 1. The smallest absolute Gasteiger partial charge is 0.256 e. The van der Waals surface area contributed by atoms with Crippen LogP contribution in [0.2, 0.25) is 0 Å². The highest BCUT2D eigenvalue weighted by atomic mass is 32.2. The number of hydrogen-bond acceptors (Lipinski definition) is 5. The Morgan fingerprint density at radius 2 is 2.33 bits per heavy atom. The molecule has 1 aliphatic rings. The van der Waals surface area contributed by atoms with Crippen molar-refractivity contribution < 1.29 is 9.15 Å². The molecule has 0 aliphatic carbocycles. The van der Waals surface area contributed by atoms with Crippen molar-refractivity contribution in [2.45, 2.75) is 30.6 Å². The van der Waals surface area contributed by atoms with E-state index in [4.69, 9.17) is 14.9 Å². The third kappa shape index (κ3) is 2.62. The quantitative estimate of drug-likeness (QED) is 0.682. The molecule has 2 heterocycles. The van der Waals surface area contributed by atoms with Crippen LogP contribution in [0.25, 0.3) is 11.1 Å². The van der Waals surface area contributed by atoms with Crippen molar-refractivity contribution in [1.82, 2.24) is 4.98 Å². The van der Waals surface area contributed by atoms with Crippen LogP contribution in [-0.4, -0.2) is 23.4 Å². The van der Waals surface area contributed by atoms with Gasteiger partial charge in [-0.3, -0.25) is 0 Å². The van der Waals surface area contributed by atoms with E-state index in [2.05, 4.69) is 4.98 Å². The van der Waals surface area contributed by atoms with Gasteiger partial charge in [-0.2, -0.15) is 0 Å². The maximum Gasteiger partial charge on any atom is 0.256 e. The van der Waals surface area contributed by atoms with Gasteiger partial charge < -0.3 is 14.9 Å². The van der Waals surface area contributed by atoms with Gasteiger partial charge in [-0.05, 0) is 37.5 Å². The van der Waals surface area contributed by atoms with Crippen molar-refractivity contribution in [3.8, 4) is 0 Å². The molecule has 2 aromatic rings. The van der Waals surface area contributed by atoms with Crippen LogP contribution in [0.3, 0.4) is 0 Å². The molecular weight excluding hydrogens is 248 g/mol. The Balaban J connectivity index is 1.67. The molecule has 96 valence electrons. The predicted octanol–water partition coefficient (Wildman–Crippen LogP) is 3.07. The third-order valence-corrected chi connectivity index (χ3v) is 4.02. The average Bonchev–Trinajstić information content (AvgIpc) is 2.79. The summed E-state index contributed by atoms with van der Waals surface area (Å²) in [6.45, 7) is 0.884. The SMILES string of the molecule is Nc1ccc2oc(SCC3CCCCO3)nc2c1. The van der Waals surface area contributed by atoms with Crippen LogP contribution in [0.5, 0.6) is 0 Å². The van der Waals surface area contributed by atoms with E-state index in [1.54, 1.807) is 11.8 Å². The van der Waals surface area contributed by atoms with E-state index in [1.807, 2.05) is 18.2 Å². The summed E-state index contributed by atoms with van der Waals surface area (Å²) in [6, 6.07) is 5.52. The van der Waals surface area contributed by atoms with Crippen LogP contribution in [0.4, 0.5) is 5.69 Å². The molecule has 1 fully saturated rings. The van der Waals surface area contributed by atoms with Crippen molar-refractivity contribution in [2.75, 3.05) is 18.1 Å². The zero-order chi connectivity index (χ0) is 12.4. The molecule has 18 heavy (non-hydrogen) atoms. The Morgan fingerprint density at radius 1 is 1.39 bits per heavy atom. The summed E-state index contributed by atoms with van der Waals surface area (Å²) in [6.07, 6.45) is 3.92. The molecule has 0 spiro atoms. The second-order valence-corrected chi connectivity index (χ2v) is 5.48. The molecule has 1 unspecified atom stereocenters. The van der Waals surface area contributed by atoms with Gasteiger partial charge in [0.05, 0.1) is 6.10 Å². The molecule has 1 aromatic heterocycles. The molecule has 1 saturated heterocycles. The molecule has 1 atom stereocenters.